The zero-order valence-corrected chi connectivity index (χ0v) is 15.5. The molecule has 1 unspecified atom stereocenters. The summed E-state index contributed by atoms with van der Waals surface area (Å²) in [5.74, 6) is -0.345. The number of rotatable bonds is 5. The van der Waals surface area contributed by atoms with E-state index < -0.39 is 5.25 Å². The molecule has 7 heteroatoms. The standard InChI is InChI=1S/C18H15ClN2O2S2/c19-13-6-8-14(9-7-13)20-16(22)10-15-17(23)21(18(24)25-15)11-12-4-2-1-3-5-12/h1-9,15H,10-11H2,(H,20,22). The van der Waals surface area contributed by atoms with E-state index in [1.54, 1.807) is 29.2 Å². The number of nitrogens with one attached hydrogen (secondary N) is 1. The van der Waals surface area contributed by atoms with Crippen molar-refractivity contribution in [3.63, 3.8) is 0 Å². The lowest BCUT2D eigenvalue weighted by molar-refractivity contribution is -0.128. The number of thiocarbonyl (C=S) groups is 1. The lowest BCUT2D eigenvalue weighted by atomic mass is 10.2. The molecule has 3 rings (SSSR count). The van der Waals surface area contributed by atoms with Crippen molar-refractivity contribution in [1.82, 2.24) is 4.90 Å². The number of halogens is 1. The van der Waals surface area contributed by atoms with Crippen molar-refractivity contribution < 1.29 is 9.59 Å². The van der Waals surface area contributed by atoms with Crippen molar-refractivity contribution in [2.75, 3.05) is 5.32 Å². The van der Waals surface area contributed by atoms with Crippen LogP contribution in [0.2, 0.25) is 5.02 Å². The number of carbonyl (C=O) groups is 2. The van der Waals surface area contributed by atoms with Crippen LogP contribution in [0.5, 0.6) is 0 Å². The monoisotopic (exact) mass is 390 g/mol. The molecule has 128 valence electrons. The van der Waals surface area contributed by atoms with Crippen LogP contribution in [-0.2, 0) is 16.1 Å². The first-order valence-electron chi connectivity index (χ1n) is 7.64. The molecule has 1 saturated heterocycles. The van der Waals surface area contributed by atoms with Gasteiger partial charge in [-0.05, 0) is 29.8 Å². The Balaban J connectivity index is 1.59. The van der Waals surface area contributed by atoms with Crippen molar-refractivity contribution in [3.8, 4) is 0 Å². The number of hydrogen-bond acceptors (Lipinski definition) is 4. The molecule has 1 aliphatic heterocycles. The topological polar surface area (TPSA) is 49.4 Å². The maximum Gasteiger partial charge on any atom is 0.242 e. The number of carbonyl (C=O) groups excluding carboxylic acids is 2. The van der Waals surface area contributed by atoms with Crippen LogP contribution in [0.25, 0.3) is 0 Å². The van der Waals surface area contributed by atoms with Crippen LogP contribution >= 0.6 is 35.6 Å². The fourth-order valence-corrected chi connectivity index (χ4v) is 4.07. The van der Waals surface area contributed by atoms with Gasteiger partial charge in [0, 0.05) is 17.1 Å². The van der Waals surface area contributed by atoms with Crippen LogP contribution in [0, 0.1) is 0 Å². The summed E-state index contributed by atoms with van der Waals surface area (Å²) in [6.45, 7) is 0.431. The summed E-state index contributed by atoms with van der Waals surface area (Å²) in [5, 5.41) is 2.89. The first kappa shape index (κ1) is 17.9. The van der Waals surface area contributed by atoms with Gasteiger partial charge in [-0.1, -0.05) is 65.9 Å². The molecule has 0 saturated carbocycles. The van der Waals surface area contributed by atoms with Gasteiger partial charge in [0.15, 0.2) is 0 Å². The Morgan fingerprint density at radius 2 is 1.84 bits per heavy atom. The molecular formula is C18H15ClN2O2S2. The second-order valence-corrected chi connectivity index (χ2v) is 7.81. The molecule has 2 aromatic carbocycles. The van der Waals surface area contributed by atoms with E-state index in [4.69, 9.17) is 23.8 Å². The predicted molar refractivity (Wildman–Crippen MR) is 106 cm³/mol. The Morgan fingerprint density at radius 1 is 1.16 bits per heavy atom. The molecule has 0 bridgehead atoms. The molecule has 25 heavy (non-hydrogen) atoms. The molecule has 2 amide bonds. The number of anilines is 1. The smallest absolute Gasteiger partial charge is 0.242 e. The summed E-state index contributed by atoms with van der Waals surface area (Å²) in [7, 11) is 0. The molecule has 4 nitrogen and oxygen atoms in total. The van der Waals surface area contributed by atoms with E-state index in [2.05, 4.69) is 5.32 Å². The van der Waals surface area contributed by atoms with Crippen LogP contribution in [0.1, 0.15) is 12.0 Å². The zero-order chi connectivity index (χ0) is 17.8. The van der Waals surface area contributed by atoms with Gasteiger partial charge in [0.2, 0.25) is 11.8 Å². The summed E-state index contributed by atoms with van der Waals surface area (Å²) >= 11 is 12.4. The van der Waals surface area contributed by atoms with E-state index in [1.807, 2.05) is 30.3 Å². The normalized spacial score (nSPS) is 17.0. The average Bonchev–Trinajstić information content (AvgIpc) is 2.85. The fourth-order valence-electron chi connectivity index (χ4n) is 2.45. The predicted octanol–water partition coefficient (Wildman–Crippen LogP) is 4.10. The number of nitrogens with zero attached hydrogens (tertiary/aromatic N) is 1. The molecule has 0 radical (unpaired) electrons. The Kier molecular flexibility index (Phi) is 5.73. The van der Waals surface area contributed by atoms with Gasteiger partial charge >= 0.3 is 0 Å². The van der Waals surface area contributed by atoms with Gasteiger partial charge < -0.3 is 5.32 Å². The number of thioether (sulfide) groups is 1. The van der Waals surface area contributed by atoms with Gasteiger partial charge in [0.1, 0.15) is 4.32 Å². The van der Waals surface area contributed by atoms with Gasteiger partial charge in [-0.2, -0.15) is 0 Å². The van der Waals surface area contributed by atoms with Crippen molar-refractivity contribution >= 4 is 57.4 Å². The third-order valence-corrected chi connectivity index (χ3v) is 5.52. The molecule has 1 aliphatic rings. The summed E-state index contributed by atoms with van der Waals surface area (Å²) in [4.78, 5) is 26.3. The Morgan fingerprint density at radius 3 is 2.52 bits per heavy atom. The quantitative estimate of drug-likeness (QED) is 0.781. The van der Waals surface area contributed by atoms with Crippen LogP contribution in [-0.4, -0.2) is 26.3 Å². The van der Waals surface area contributed by atoms with Gasteiger partial charge in [-0.25, -0.2) is 0 Å². The van der Waals surface area contributed by atoms with Gasteiger partial charge in [-0.3, -0.25) is 14.5 Å². The van der Waals surface area contributed by atoms with E-state index >= 15 is 0 Å². The van der Waals surface area contributed by atoms with E-state index in [-0.39, 0.29) is 18.2 Å². The fraction of sp³-hybridized carbons (Fsp3) is 0.167. The second kappa shape index (κ2) is 7.99. The highest BCUT2D eigenvalue weighted by Crippen LogP contribution is 2.31. The van der Waals surface area contributed by atoms with E-state index in [0.29, 0.717) is 21.6 Å². The summed E-state index contributed by atoms with van der Waals surface area (Å²) in [5.41, 5.74) is 1.65. The largest absolute Gasteiger partial charge is 0.326 e. The molecule has 0 aliphatic carbocycles. The Hall–Kier alpha value is -1.89. The van der Waals surface area contributed by atoms with Crippen molar-refractivity contribution in [3.05, 3.63) is 65.2 Å². The van der Waals surface area contributed by atoms with E-state index in [0.717, 1.165) is 5.56 Å². The minimum atomic E-state index is -0.483. The number of hydrogen-bond donors (Lipinski definition) is 1. The lowest BCUT2D eigenvalue weighted by Crippen LogP contribution is -2.32. The second-order valence-electron chi connectivity index (χ2n) is 5.54. The molecule has 0 aromatic heterocycles. The molecule has 0 spiro atoms. The molecule has 1 N–H and O–H groups in total. The third-order valence-electron chi connectivity index (χ3n) is 3.69. The Labute approximate surface area is 160 Å². The summed E-state index contributed by atoms with van der Waals surface area (Å²) in [6, 6.07) is 16.5. The number of benzene rings is 2. The van der Waals surface area contributed by atoms with Crippen LogP contribution < -0.4 is 5.32 Å². The van der Waals surface area contributed by atoms with E-state index in [1.165, 1.54) is 11.8 Å². The van der Waals surface area contributed by atoms with Crippen LogP contribution in [0.4, 0.5) is 5.69 Å². The van der Waals surface area contributed by atoms with E-state index in [9.17, 15) is 9.59 Å². The molecule has 1 atom stereocenters. The first-order valence-corrected chi connectivity index (χ1v) is 9.31. The van der Waals surface area contributed by atoms with Crippen molar-refractivity contribution in [2.24, 2.45) is 0 Å². The minimum absolute atomic E-state index is 0.0809. The minimum Gasteiger partial charge on any atom is -0.326 e. The highest BCUT2D eigenvalue weighted by Gasteiger charge is 2.37. The van der Waals surface area contributed by atoms with Crippen LogP contribution in [0.3, 0.4) is 0 Å². The third kappa shape index (κ3) is 4.60. The summed E-state index contributed by atoms with van der Waals surface area (Å²) < 4.78 is 0.512. The molecule has 1 heterocycles. The van der Waals surface area contributed by atoms with Gasteiger partial charge in [0.05, 0.1) is 11.8 Å². The van der Waals surface area contributed by atoms with Gasteiger partial charge in [0.25, 0.3) is 0 Å². The number of amides is 2. The maximum absolute atomic E-state index is 12.6. The van der Waals surface area contributed by atoms with Crippen molar-refractivity contribution in [2.45, 2.75) is 18.2 Å². The van der Waals surface area contributed by atoms with Gasteiger partial charge in [-0.15, -0.1) is 0 Å². The highest BCUT2D eigenvalue weighted by atomic mass is 35.5. The SMILES string of the molecule is O=C(CC1SC(=S)N(Cc2ccccc2)C1=O)Nc1ccc(Cl)cc1. The zero-order valence-electron chi connectivity index (χ0n) is 13.1. The van der Waals surface area contributed by atoms with Crippen LogP contribution in [0.15, 0.2) is 54.6 Å². The van der Waals surface area contributed by atoms with Crippen molar-refractivity contribution in [1.29, 1.82) is 0 Å². The maximum atomic E-state index is 12.6. The Bertz CT molecular complexity index is 796. The molecular weight excluding hydrogens is 376 g/mol. The summed E-state index contributed by atoms with van der Waals surface area (Å²) in [6.07, 6.45) is 0.0809. The molecule has 2 aromatic rings. The highest BCUT2D eigenvalue weighted by molar-refractivity contribution is 8.24. The molecule has 1 fully saturated rings. The average molecular weight is 391 g/mol. The lowest BCUT2D eigenvalue weighted by Gasteiger charge is -2.15. The first-order chi connectivity index (χ1) is 12.0.